The Morgan fingerprint density at radius 1 is 1.42 bits per heavy atom. The summed E-state index contributed by atoms with van der Waals surface area (Å²) in [6, 6.07) is 0. The Labute approximate surface area is 115 Å². The molecule has 1 unspecified atom stereocenters. The van der Waals surface area contributed by atoms with E-state index in [9.17, 15) is 13.5 Å². The summed E-state index contributed by atoms with van der Waals surface area (Å²) < 4.78 is 33.5. The van der Waals surface area contributed by atoms with Crippen molar-refractivity contribution < 1.29 is 18.3 Å². The lowest BCUT2D eigenvalue weighted by Gasteiger charge is -2.36. The van der Waals surface area contributed by atoms with Gasteiger partial charge >= 0.3 is 0 Å². The van der Waals surface area contributed by atoms with Crippen molar-refractivity contribution in [3.63, 3.8) is 0 Å². The fraction of sp³-hybridized carbons (Fsp3) is 0.923. The number of hydrogen-bond acceptors (Lipinski definition) is 4. The third-order valence-electron chi connectivity index (χ3n) is 4.25. The van der Waals surface area contributed by atoms with E-state index >= 15 is 0 Å². The zero-order valence-electron chi connectivity index (χ0n) is 11.8. The van der Waals surface area contributed by atoms with Crippen molar-refractivity contribution >= 4 is 15.9 Å². The Balaban J connectivity index is 2.12. The van der Waals surface area contributed by atoms with Gasteiger partial charge in [-0.1, -0.05) is 6.42 Å². The van der Waals surface area contributed by atoms with E-state index in [2.05, 4.69) is 4.40 Å². The summed E-state index contributed by atoms with van der Waals surface area (Å²) >= 11 is 0. The summed E-state index contributed by atoms with van der Waals surface area (Å²) in [6.07, 6.45) is 3.75. The molecule has 0 spiro atoms. The number of aliphatic hydroxyl groups is 1. The average molecular weight is 289 g/mol. The van der Waals surface area contributed by atoms with Crippen molar-refractivity contribution in [2.24, 2.45) is 10.3 Å². The van der Waals surface area contributed by atoms with Crippen LogP contribution in [-0.2, 0) is 14.8 Å². The van der Waals surface area contributed by atoms with Gasteiger partial charge in [-0.3, -0.25) is 0 Å². The van der Waals surface area contributed by atoms with Crippen molar-refractivity contribution in [1.29, 1.82) is 0 Å². The lowest BCUT2D eigenvalue weighted by molar-refractivity contribution is 0.0742. The fourth-order valence-corrected chi connectivity index (χ4v) is 4.08. The first-order chi connectivity index (χ1) is 8.71. The summed E-state index contributed by atoms with van der Waals surface area (Å²) in [5.41, 5.74) is -0.747. The van der Waals surface area contributed by atoms with Gasteiger partial charge in [0.25, 0.3) is 10.0 Å². The number of aliphatic hydroxyl groups excluding tert-OH is 1. The molecule has 1 saturated carbocycles. The molecule has 5 nitrogen and oxygen atoms in total. The molecule has 19 heavy (non-hydrogen) atoms. The van der Waals surface area contributed by atoms with Crippen LogP contribution in [-0.4, -0.2) is 36.4 Å². The molecule has 0 aromatic heterocycles. The van der Waals surface area contributed by atoms with Crippen LogP contribution < -0.4 is 0 Å². The Kier molecular flexibility index (Phi) is 3.93. The maximum Gasteiger partial charge on any atom is 0.262 e. The summed E-state index contributed by atoms with van der Waals surface area (Å²) in [5, 5.41) is 9.02. The molecule has 1 aliphatic heterocycles. The number of nitrogens with zero attached hydrogens (tertiary/aromatic N) is 1. The molecule has 0 amide bonds. The van der Waals surface area contributed by atoms with Gasteiger partial charge in [0.1, 0.15) is 10.9 Å². The smallest absolute Gasteiger partial charge is 0.262 e. The van der Waals surface area contributed by atoms with E-state index in [-0.39, 0.29) is 12.0 Å². The van der Waals surface area contributed by atoms with Crippen LogP contribution in [0.2, 0.25) is 0 Å². The summed E-state index contributed by atoms with van der Waals surface area (Å²) in [5.74, 6) is 0.573. The molecule has 1 heterocycles. The zero-order valence-corrected chi connectivity index (χ0v) is 12.6. The van der Waals surface area contributed by atoms with E-state index in [1.54, 1.807) is 20.8 Å². The number of rotatable bonds is 2. The van der Waals surface area contributed by atoms with Crippen LogP contribution in [0.3, 0.4) is 0 Å². The summed E-state index contributed by atoms with van der Waals surface area (Å²) in [6.45, 7) is 5.18. The van der Waals surface area contributed by atoms with E-state index in [1.165, 1.54) is 0 Å². The largest absolute Gasteiger partial charge is 0.473 e. The van der Waals surface area contributed by atoms with Crippen LogP contribution in [0.4, 0.5) is 0 Å². The monoisotopic (exact) mass is 289 g/mol. The second-order valence-corrected chi connectivity index (χ2v) is 8.16. The topological polar surface area (TPSA) is 76.0 Å². The SMILES string of the molecule is CC1C(C)(C)OC(C[C@H]2CCC[C@H](O)C2)=NS1(=O)=O. The van der Waals surface area contributed by atoms with Gasteiger partial charge in [-0.15, -0.1) is 4.40 Å². The Morgan fingerprint density at radius 3 is 2.68 bits per heavy atom. The maximum absolute atomic E-state index is 12.0. The second kappa shape index (κ2) is 5.05. The molecule has 3 atom stereocenters. The molecule has 1 aliphatic carbocycles. The summed E-state index contributed by atoms with van der Waals surface area (Å²) in [7, 11) is -3.48. The highest BCUT2D eigenvalue weighted by Crippen LogP contribution is 2.32. The predicted octanol–water partition coefficient (Wildman–Crippen LogP) is 1.85. The zero-order chi connectivity index (χ0) is 14.3. The molecule has 2 rings (SSSR count). The normalized spacial score (nSPS) is 37.3. The van der Waals surface area contributed by atoms with Gasteiger partial charge in [0.05, 0.1) is 6.10 Å². The lowest BCUT2D eigenvalue weighted by atomic mass is 9.85. The van der Waals surface area contributed by atoms with Crippen molar-refractivity contribution in [3.05, 3.63) is 0 Å². The first-order valence-electron chi connectivity index (χ1n) is 6.90. The molecular weight excluding hydrogens is 266 g/mol. The minimum absolute atomic E-state index is 0.266. The maximum atomic E-state index is 12.0. The molecule has 0 radical (unpaired) electrons. The molecule has 0 bridgehead atoms. The van der Waals surface area contributed by atoms with E-state index in [0.717, 1.165) is 19.3 Å². The standard InChI is InChI=1S/C13H23NO4S/c1-9-13(2,3)18-12(14-19(9,16)17)8-10-5-4-6-11(15)7-10/h9-11,15H,4-8H2,1-3H3/t9?,10-,11-/m0/s1. The van der Waals surface area contributed by atoms with Gasteiger partial charge in [0, 0.05) is 6.42 Å². The molecular formula is C13H23NO4S. The van der Waals surface area contributed by atoms with Gasteiger partial charge < -0.3 is 9.84 Å². The number of sulfonamides is 1. The third kappa shape index (κ3) is 3.28. The Bertz CT molecular complexity index is 469. The van der Waals surface area contributed by atoms with Crippen LogP contribution in [0.1, 0.15) is 52.9 Å². The van der Waals surface area contributed by atoms with Gasteiger partial charge in [-0.05, 0) is 46.0 Å². The first-order valence-corrected chi connectivity index (χ1v) is 8.41. The van der Waals surface area contributed by atoms with Crippen molar-refractivity contribution in [1.82, 2.24) is 0 Å². The Morgan fingerprint density at radius 2 is 2.11 bits per heavy atom. The van der Waals surface area contributed by atoms with Crippen LogP contribution in [0.5, 0.6) is 0 Å². The predicted molar refractivity (Wildman–Crippen MR) is 73.6 cm³/mol. The van der Waals surface area contributed by atoms with Crippen LogP contribution >= 0.6 is 0 Å². The van der Waals surface area contributed by atoms with Crippen molar-refractivity contribution in [2.75, 3.05) is 0 Å². The highest BCUT2D eigenvalue weighted by molar-refractivity contribution is 7.91. The molecule has 6 heteroatoms. The second-order valence-electron chi connectivity index (χ2n) is 6.24. The van der Waals surface area contributed by atoms with E-state index in [4.69, 9.17) is 4.74 Å². The minimum Gasteiger partial charge on any atom is -0.473 e. The van der Waals surface area contributed by atoms with Crippen molar-refractivity contribution in [3.8, 4) is 0 Å². The van der Waals surface area contributed by atoms with Crippen LogP contribution in [0.25, 0.3) is 0 Å². The molecule has 1 fully saturated rings. The van der Waals surface area contributed by atoms with E-state index in [1.807, 2.05) is 0 Å². The lowest BCUT2D eigenvalue weighted by Crippen LogP contribution is -2.47. The van der Waals surface area contributed by atoms with E-state index < -0.39 is 20.9 Å². The fourth-order valence-electron chi connectivity index (χ4n) is 2.76. The first kappa shape index (κ1) is 14.8. The molecule has 0 aromatic rings. The Hall–Kier alpha value is -0.620. The minimum atomic E-state index is -3.48. The molecule has 0 saturated heterocycles. The molecule has 2 aliphatic rings. The molecule has 110 valence electrons. The van der Waals surface area contributed by atoms with Gasteiger partial charge in [0.15, 0.2) is 0 Å². The van der Waals surface area contributed by atoms with Crippen molar-refractivity contribution in [2.45, 2.75) is 69.8 Å². The number of hydrogen-bond donors (Lipinski definition) is 1. The van der Waals surface area contributed by atoms with Gasteiger partial charge in [0.2, 0.25) is 5.90 Å². The highest BCUT2D eigenvalue weighted by atomic mass is 32.2. The average Bonchev–Trinajstić information content (AvgIpc) is 2.25. The molecule has 1 N–H and O–H groups in total. The van der Waals surface area contributed by atoms with Gasteiger partial charge in [-0.2, -0.15) is 0 Å². The van der Waals surface area contributed by atoms with Crippen LogP contribution in [0.15, 0.2) is 4.40 Å². The highest BCUT2D eigenvalue weighted by Gasteiger charge is 2.43. The van der Waals surface area contributed by atoms with Gasteiger partial charge in [-0.25, -0.2) is 8.42 Å². The van der Waals surface area contributed by atoms with E-state index in [0.29, 0.717) is 18.7 Å². The quantitative estimate of drug-likeness (QED) is 0.841. The third-order valence-corrected chi connectivity index (χ3v) is 6.17. The molecule has 0 aromatic carbocycles. The van der Waals surface area contributed by atoms with Crippen LogP contribution in [0, 0.1) is 5.92 Å². The summed E-state index contributed by atoms with van der Waals surface area (Å²) in [4.78, 5) is 0. The number of ether oxygens (including phenoxy) is 1.